The van der Waals surface area contributed by atoms with Gasteiger partial charge in [0.1, 0.15) is 5.75 Å². The molecular weight excluding hydrogens is 340 g/mol. The van der Waals surface area contributed by atoms with Crippen molar-refractivity contribution < 1.29 is 9.47 Å². The van der Waals surface area contributed by atoms with Crippen LogP contribution in [0.2, 0.25) is 0 Å². The van der Waals surface area contributed by atoms with Gasteiger partial charge in [-0.25, -0.2) is 0 Å². The molecule has 1 fully saturated rings. The molecular formula is C21H30N4O2. The maximum atomic E-state index is 5.63. The Balaban J connectivity index is 1.61. The Morgan fingerprint density at radius 1 is 1.15 bits per heavy atom. The minimum atomic E-state index is 0.0442. The van der Waals surface area contributed by atoms with Crippen LogP contribution in [0.4, 0.5) is 0 Å². The van der Waals surface area contributed by atoms with E-state index in [0.717, 1.165) is 57.4 Å². The van der Waals surface area contributed by atoms with E-state index in [-0.39, 0.29) is 5.41 Å². The van der Waals surface area contributed by atoms with Gasteiger partial charge in [0, 0.05) is 57.7 Å². The number of ether oxygens (including phenoxy) is 2. The Kier molecular flexibility index (Phi) is 6.76. The highest BCUT2D eigenvalue weighted by Crippen LogP contribution is 2.35. The van der Waals surface area contributed by atoms with Crippen molar-refractivity contribution in [1.82, 2.24) is 15.2 Å². The molecule has 6 nitrogen and oxygen atoms in total. The zero-order valence-corrected chi connectivity index (χ0v) is 16.3. The molecule has 0 unspecified atom stereocenters. The fourth-order valence-corrected chi connectivity index (χ4v) is 3.57. The molecule has 0 aliphatic carbocycles. The van der Waals surface area contributed by atoms with Crippen molar-refractivity contribution in [2.75, 3.05) is 40.5 Å². The molecule has 2 aromatic rings. The summed E-state index contributed by atoms with van der Waals surface area (Å²) < 4.78 is 13.1. The lowest BCUT2D eigenvalue weighted by Crippen LogP contribution is -2.48. The third-order valence-electron chi connectivity index (χ3n) is 5.30. The Labute approximate surface area is 161 Å². The number of benzene rings is 1. The lowest BCUT2D eigenvalue weighted by Gasteiger charge is -2.38. The Hall–Kier alpha value is -2.47. The number of hydrogen-bond donors (Lipinski definition) is 2. The maximum absolute atomic E-state index is 5.63. The summed E-state index contributed by atoms with van der Waals surface area (Å²) in [6.45, 7) is 4.13. The molecule has 6 heteroatoms. The van der Waals surface area contributed by atoms with Gasteiger partial charge in [-0.1, -0.05) is 12.1 Å². The number of guanidine groups is 1. The quantitative estimate of drug-likeness (QED) is 0.580. The fourth-order valence-electron chi connectivity index (χ4n) is 3.57. The Morgan fingerprint density at radius 3 is 2.48 bits per heavy atom. The number of methoxy groups -OCH3 is 1. The van der Waals surface area contributed by atoms with E-state index in [2.05, 4.69) is 44.7 Å². The minimum absolute atomic E-state index is 0.0442. The first kappa shape index (κ1) is 19.3. The summed E-state index contributed by atoms with van der Waals surface area (Å²) >= 11 is 0. The Morgan fingerprint density at radius 2 is 1.85 bits per heavy atom. The highest BCUT2D eigenvalue weighted by atomic mass is 16.5. The van der Waals surface area contributed by atoms with Crippen LogP contribution in [-0.2, 0) is 16.7 Å². The highest BCUT2D eigenvalue weighted by molar-refractivity contribution is 5.79. The van der Waals surface area contributed by atoms with Gasteiger partial charge in [-0.15, -0.1) is 0 Å². The minimum Gasteiger partial charge on any atom is -0.497 e. The first-order chi connectivity index (χ1) is 13.3. The van der Waals surface area contributed by atoms with Crippen LogP contribution in [0.1, 0.15) is 18.4 Å². The van der Waals surface area contributed by atoms with Crippen molar-refractivity contribution in [1.29, 1.82) is 0 Å². The predicted molar refractivity (Wildman–Crippen MR) is 109 cm³/mol. The van der Waals surface area contributed by atoms with Crippen LogP contribution < -0.4 is 15.4 Å². The van der Waals surface area contributed by atoms with Crippen molar-refractivity contribution in [3.05, 3.63) is 54.4 Å². The molecule has 2 N–H and O–H groups in total. The molecule has 0 radical (unpaired) electrons. The topological polar surface area (TPSA) is 59.8 Å². The van der Waals surface area contributed by atoms with Gasteiger partial charge in [0.25, 0.3) is 0 Å². The van der Waals surface area contributed by atoms with Crippen molar-refractivity contribution >= 4 is 5.96 Å². The predicted octanol–water partition coefficient (Wildman–Crippen LogP) is 2.41. The number of nitrogens with zero attached hydrogens (tertiary/aromatic N) is 2. The molecule has 2 heterocycles. The molecule has 1 aromatic carbocycles. The summed E-state index contributed by atoms with van der Waals surface area (Å²) in [4.78, 5) is 4.38. The van der Waals surface area contributed by atoms with Gasteiger partial charge in [-0.05, 0) is 42.7 Å². The molecule has 0 saturated carbocycles. The van der Waals surface area contributed by atoms with E-state index in [9.17, 15) is 0 Å². The van der Waals surface area contributed by atoms with E-state index in [1.165, 1.54) is 5.56 Å². The number of rotatable bonds is 7. The summed E-state index contributed by atoms with van der Waals surface area (Å²) in [5.74, 6) is 1.72. The van der Waals surface area contributed by atoms with Crippen LogP contribution in [0.3, 0.4) is 0 Å². The molecule has 0 bridgehead atoms. The van der Waals surface area contributed by atoms with E-state index < -0.39 is 0 Å². The fraction of sp³-hybridized carbons (Fsp3) is 0.476. The van der Waals surface area contributed by atoms with Crippen molar-refractivity contribution in [3.8, 4) is 5.75 Å². The number of nitrogens with one attached hydrogen (secondary N) is 2. The standard InChI is InChI=1S/C21H30N4O2/c1-22-20(23-11-14-25-12-3-4-13-25)24-17-21(9-15-27-16-10-21)18-5-7-19(26-2)8-6-18/h3-8,12-13H,9-11,14-17H2,1-2H3,(H2,22,23,24). The van der Waals surface area contributed by atoms with Gasteiger partial charge in [-0.3, -0.25) is 4.99 Å². The largest absolute Gasteiger partial charge is 0.497 e. The molecule has 146 valence electrons. The summed E-state index contributed by atoms with van der Waals surface area (Å²) in [5, 5.41) is 6.93. The molecule has 1 aliphatic heterocycles. The second-order valence-electron chi connectivity index (χ2n) is 6.89. The third kappa shape index (κ3) is 5.04. The van der Waals surface area contributed by atoms with E-state index in [1.807, 2.05) is 31.3 Å². The van der Waals surface area contributed by atoms with Crippen LogP contribution in [-0.4, -0.2) is 51.0 Å². The molecule has 0 atom stereocenters. The second kappa shape index (κ2) is 9.46. The smallest absolute Gasteiger partial charge is 0.191 e. The first-order valence-electron chi connectivity index (χ1n) is 9.53. The summed E-state index contributed by atoms with van der Waals surface area (Å²) in [6.07, 6.45) is 6.12. The van der Waals surface area contributed by atoms with E-state index >= 15 is 0 Å². The summed E-state index contributed by atoms with van der Waals surface area (Å²) in [7, 11) is 3.51. The zero-order valence-electron chi connectivity index (χ0n) is 16.3. The van der Waals surface area contributed by atoms with Crippen LogP contribution in [0.5, 0.6) is 5.75 Å². The van der Waals surface area contributed by atoms with Crippen LogP contribution in [0, 0.1) is 0 Å². The van der Waals surface area contributed by atoms with E-state index in [1.54, 1.807) is 7.11 Å². The van der Waals surface area contributed by atoms with Gasteiger partial charge < -0.3 is 24.7 Å². The highest BCUT2D eigenvalue weighted by Gasteiger charge is 2.34. The van der Waals surface area contributed by atoms with Gasteiger partial charge in [0.05, 0.1) is 7.11 Å². The number of aliphatic imine (C=N–C) groups is 1. The number of aromatic nitrogens is 1. The molecule has 1 saturated heterocycles. The molecule has 0 amide bonds. The molecule has 1 aromatic heterocycles. The monoisotopic (exact) mass is 370 g/mol. The van der Waals surface area contributed by atoms with Gasteiger partial charge in [0.2, 0.25) is 0 Å². The lowest BCUT2D eigenvalue weighted by molar-refractivity contribution is 0.0513. The first-order valence-corrected chi connectivity index (χ1v) is 9.53. The second-order valence-corrected chi connectivity index (χ2v) is 6.89. The normalized spacial score (nSPS) is 16.7. The summed E-state index contributed by atoms with van der Waals surface area (Å²) in [6, 6.07) is 12.5. The molecule has 27 heavy (non-hydrogen) atoms. The average molecular weight is 370 g/mol. The summed E-state index contributed by atoms with van der Waals surface area (Å²) in [5.41, 5.74) is 1.37. The zero-order chi connectivity index (χ0) is 19.0. The average Bonchev–Trinajstić information content (AvgIpc) is 3.25. The van der Waals surface area contributed by atoms with E-state index in [4.69, 9.17) is 9.47 Å². The van der Waals surface area contributed by atoms with Crippen LogP contribution >= 0.6 is 0 Å². The van der Waals surface area contributed by atoms with Crippen molar-refractivity contribution in [2.45, 2.75) is 24.8 Å². The van der Waals surface area contributed by atoms with Gasteiger partial charge >= 0.3 is 0 Å². The van der Waals surface area contributed by atoms with Gasteiger partial charge in [0.15, 0.2) is 5.96 Å². The van der Waals surface area contributed by atoms with E-state index in [0.29, 0.717) is 0 Å². The van der Waals surface area contributed by atoms with Gasteiger partial charge in [-0.2, -0.15) is 0 Å². The third-order valence-corrected chi connectivity index (χ3v) is 5.30. The molecule has 3 rings (SSSR count). The Bertz CT molecular complexity index is 704. The molecule has 0 spiro atoms. The maximum Gasteiger partial charge on any atom is 0.191 e. The van der Waals surface area contributed by atoms with Crippen molar-refractivity contribution in [2.24, 2.45) is 4.99 Å². The van der Waals surface area contributed by atoms with Crippen LogP contribution in [0.25, 0.3) is 0 Å². The SMILES string of the molecule is CN=C(NCCn1cccc1)NCC1(c2ccc(OC)cc2)CCOCC1. The van der Waals surface area contributed by atoms with Crippen molar-refractivity contribution in [3.63, 3.8) is 0 Å². The molecule has 1 aliphatic rings. The lowest BCUT2D eigenvalue weighted by atomic mass is 9.74. The van der Waals surface area contributed by atoms with Crippen LogP contribution in [0.15, 0.2) is 53.8 Å². The number of hydrogen-bond acceptors (Lipinski definition) is 3.